The Balaban J connectivity index is 1.52. The highest BCUT2D eigenvalue weighted by Crippen LogP contribution is 2.33. The van der Waals surface area contributed by atoms with E-state index >= 15 is 0 Å². The van der Waals surface area contributed by atoms with Crippen molar-refractivity contribution < 1.29 is 19.4 Å². The van der Waals surface area contributed by atoms with Gasteiger partial charge >= 0.3 is 6.09 Å². The predicted molar refractivity (Wildman–Crippen MR) is 121 cm³/mol. The molecule has 0 radical (unpaired) electrons. The molecule has 0 fully saturated rings. The topological polar surface area (TPSA) is 60.7 Å². The SMILES string of the molecule is O=C(O)n1cc(C=Cc2ccc3c(c2)CCO3)c2c(OCc3ccccc3)cccc21. The first-order valence-corrected chi connectivity index (χ1v) is 10.2. The summed E-state index contributed by atoms with van der Waals surface area (Å²) in [6.45, 7) is 1.13. The van der Waals surface area contributed by atoms with Crippen LogP contribution in [0, 0.1) is 0 Å². The van der Waals surface area contributed by atoms with Crippen molar-refractivity contribution in [1.82, 2.24) is 4.57 Å². The summed E-state index contributed by atoms with van der Waals surface area (Å²) in [6, 6.07) is 21.5. The third-order valence-electron chi connectivity index (χ3n) is 5.43. The van der Waals surface area contributed by atoms with Gasteiger partial charge in [0.2, 0.25) is 0 Å². The van der Waals surface area contributed by atoms with Gasteiger partial charge < -0.3 is 14.6 Å². The Bertz CT molecular complexity index is 1290. The van der Waals surface area contributed by atoms with Gasteiger partial charge in [-0.2, -0.15) is 0 Å². The van der Waals surface area contributed by atoms with Crippen molar-refractivity contribution in [2.45, 2.75) is 13.0 Å². The van der Waals surface area contributed by atoms with Gasteiger partial charge in [-0.3, -0.25) is 4.57 Å². The summed E-state index contributed by atoms with van der Waals surface area (Å²) in [6.07, 6.45) is 5.45. The van der Waals surface area contributed by atoms with E-state index in [1.165, 1.54) is 10.1 Å². The van der Waals surface area contributed by atoms with Gasteiger partial charge in [0.15, 0.2) is 0 Å². The molecule has 0 unspecified atom stereocenters. The average molecular weight is 411 g/mol. The number of rotatable bonds is 5. The fourth-order valence-electron chi connectivity index (χ4n) is 3.92. The average Bonchev–Trinajstić information content (AvgIpc) is 3.41. The van der Waals surface area contributed by atoms with Gasteiger partial charge in [0.05, 0.1) is 12.1 Å². The molecule has 1 aromatic heterocycles. The van der Waals surface area contributed by atoms with Crippen LogP contribution in [0.5, 0.6) is 11.5 Å². The van der Waals surface area contributed by atoms with Crippen molar-refractivity contribution in [3.63, 3.8) is 0 Å². The normalized spacial score (nSPS) is 12.8. The molecule has 0 bridgehead atoms. The molecule has 0 saturated carbocycles. The molecule has 3 aromatic carbocycles. The van der Waals surface area contributed by atoms with Crippen molar-refractivity contribution in [3.8, 4) is 11.5 Å². The molecular formula is C26H21NO4. The first kappa shape index (κ1) is 19.0. The second-order valence-electron chi connectivity index (χ2n) is 7.46. The molecule has 0 spiro atoms. The Morgan fingerprint density at radius 2 is 1.94 bits per heavy atom. The number of fused-ring (bicyclic) bond motifs is 2. The predicted octanol–water partition coefficient (Wildman–Crippen LogP) is 5.85. The molecule has 1 aliphatic rings. The second kappa shape index (κ2) is 8.03. The van der Waals surface area contributed by atoms with E-state index in [4.69, 9.17) is 9.47 Å². The van der Waals surface area contributed by atoms with Crippen LogP contribution in [0.3, 0.4) is 0 Å². The van der Waals surface area contributed by atoms with Crippen LogP contribution in [0.15, 0.2) is 72.9 Å². The summed E-state index contributed by atoms with van der Waals surface area (Å²) >= 11 is 0. The molecule has 0 aliphatic carbocycles. The Morgan fingerprint density at radius 3 is 2.77 bits per heavy atom. The highest BCUT2D eigenvalue weighted by Gasteiger charge is 2.16. The third kappa shape index (κ3) is 3.78. The van der Waals surface area contributed by atoms with E-state index in [0.717, 1.165) is 40.9 Å². The molecule has 0 amide bonds. The Hall–Kier alpha value is -3.99. The highest BCUT2D eigenvalue weighted by atomic mass is 16.5. The Kier molecular flexibility index (Phi) is 4.92. The second-order valence-corrected chi connectivity index (χ2v) is 7.46. The van der Waals surface area contributed by atoms with Crippen molar-refractivity contribution in [2.75, 3.05) is 6.61 Å². The van der Waals surface area contributed by atoms with Gasteiger partial charge in [0.1, 0.15) is 18.1 Å². The number of carboxylic acid groups (broad SMARTS) is 1. The molecule has 1 N–H and O–H groups in total. The molecule has 1 aliphatic heterocycles. The van der Waals surface area contributed by atoms with Crippen molar-refractivity contribution in [2.24, 2.45) is 0 Å². The van der Waals surface area contributed by atoms with Crippen molar-refractivity contribution >= 4 is 29.1 Å². The van der Waals surface area contributed by atoms with Crippen LogP contribution >= 0.6 is 0 Å². The van der Waals surface area contributed by atoms with Crippen LogP contribution in [-0.4, -0.2) is 22.4 Å². The van der Waals surface area contributed by atoms with Crippen LogP contribution in [0.4, 0.5) is 4.79 Å². The van der Waals surface area contributed by atoms with E-state index in [-0.39, 0.29) is 0 Å². The minimum absolute atomic E-state index is 0.409. The summed E-state index contributed by atoms with van der Waals surface area (Å²) in [5.74, 6) is 1.60. The van der Waals surface area contributed by atoms with Crippen molar-refractivity contribution in [3.05, 3.63) is 95.2 Å². The third-order valence-corrected chi connectivity index (χ3v) is 5.43. The van der Waals surface area contributed by atoms with Gasteiger partial charge in [-0.15, -0.1) is 0 Å². The van der Waals surface area contributed by atoms with E-state index in [9.17, 15) is 9.90 Å². The van der Waals surface area contributed by atoms with E-state index in [1.807, 2.05) is 66.7 Å². The lowest BCUT2D eigenvalue weighted by Crippen LogP contribution is -2.05. The van der Waals surface area contributed by atoms with Crippen LogP contribution in [0.2, 0.25) is 0 Å². The molecule has 154 valence electrons. The van der Waals surface area contributed by atoms with Crippen LogP contribution < -0.4 is 9.47 Å². The molecule has 31 heavy (non-hydrogen) atoms. The summed E-state index contributed by atoms with van der Waals surface area (Å²) in [5.41, 5.74) is 4.68. The number of benzene rings is 3. The lowest BCUT2D eigenvalue weighted by molar-refractivity contribution is 0.197. The molecule has 0 atom stereocenters. The van der Waals surface area contributed by atoms with Gasteiger partial charge in [0.25, 0.3) is 0 Å². The maximum Gasteiger partial charge on any atom is 0.416 e. The number of hydrogen-bond donors (Lipinski definition) is 1. The largest absolute Gasteiger partial charge is 0.493 e. The lowest BCUT2D eigenvalue weighted by Gasteiger charge is -2.09. The van der Waals surface area contributed by atoms with E-state index < -0.39 is 6.09 Å². The van der Waals surface area contributed by atoms with Crippen molar-refractivity contribution in [1.29, 1.82) is 0 Å². The van der Waals surface area contributed by atoms with Gasteiger partial charge in [-0.05, 0) is 41.0 Å². The zero-order chi connectivity index (χ0) is 21.2. The first-order valence-electron chi connectivity index (χ1n) is 10.2. The number of aromatic nitrogens is 1. The minimum atomic E-state index is -1.03. The number of carbonyl (C=O) groups is 1. The lowest BCUT2D eigenvalue weighted by atomic mass is 10.1. The number of ether oxygens (including phenoxy) is 2. The molecular weight excluding hydrogens is 390 g/mol. The monoisotopic (exact) mass is 411 g/mol. The molecule has 5 rings (SSSR count). The zero-order valence-electron chi connectivity index (χ0n) is 16.8. The zero-order valence-corrected chi connectivity index (χ0v) is 16.8. The molecule has 2 heterocycles. The summed E-state index contributed by atoms with van der Waals surface area (Å²) in [7, 11) is 0. The maximum atomic E-state index is 11.8. The van der Waals surface area contributed by atoms with Gasteiger partial charge in [0, 0.05) is 23.6 Å². The van der Waals surface area contributed by atoms with Crippen LogP contribution in [0.25, 0.3) is 23.1 Å². The van der Waals surface area contributed by atoms with Gasteiger partial charge in [-0.25, -0.2) is 4.79 Å². The number of nitrogens with zero attached hydrogens (tertiary/aromatic N) is 1. The standard InChI is InChI=1S/C26H21NO4/c28-26(29)27-16-21(11-9-18-10-12-23-20(15-18)13-14-30-23)25-22(27)7-4-8-24(25)31-17-19-5-2-1-3-6-19/h1-12,15-16H,13-14,17H2,(H,28,29). The summed E-state index contributed by atoms with van der Waals surface area (Å²) in [4.78, 5) is 11.8. The minimum Gasteiger partial charge on any atom is -0.493 e. The molecule has 4 aromatic rings. The molecule has 5 heteroatoms. The van der Waals surface area contributed by atoms with E-state index in [2.05, 4.69) is 6.07 Å². The first-order chi connectivity index (χ1) is 15.2. The number of hydrogen-bond acceptors (Lipinski definition) is 3. The summed E-state index contributed by atoms with van der Waals surface area (Å²) in [5, 5.41) is 10.4. The van der Waals surface area contributed by atoms with Gasteiger partial charge in [-0.1, -0.05) is 54.6 Å². The Morgan fingerprint density at radius 1 is 1.06 bits per heavy atom. The fourth-order valence-corrected chi connectivity index (χ4v) is 3.92. The smallest absolute Gasteiger partial charge is 0.416 e. The van der Waals surface area contributed by atoms with E-state index in [1.54, 1.807) is 12.3 Å². The Labute approximate surface area is 179 Å². The fraction of sp³-hybridized carbons (Fsp3) is 0.115. The quantitative estimate of drug-likeness (QED) is 0.447. The summed E-state index contributed by atoms with van der Waals surface area (Å²) < 4.78 is 12.9. The van der Waals surface area contributed by atoms with Crippen LogP contribution in [-0.2, 0) is 13.0 Å². The van der Waals surface area contributed by atoms with Crippen LogP contribution in [0.1, 0.15) is 22.3 Å². The molecule has 0 saturated heterocycles. The molecule has 5 nitrogen and oxygen atoms in total. The maximum absolute atomic E-state index is 11.8. The van der Waals surface area contributed by atoms with E-state index in [0.29, 0.717) is 17.9 Å². The highest BCUT2D eigenvalue weighted by molar-refractivity contribution is 6.00.